The van der Waals surface area contributed by atoms with E-state index in [2.05, 4.69) is 6.92 Å². The van der Waals surface area contributed by atoms with E-state index in [4.69, 9.17) is 9.84 Å². The Kier molecular flexibility index (Phi) is 13.5. The fourth-order valence-corrected chi connectivity index (χ4v) is 2.12. The van der Waals surface area contributed by atoms with Gasteiger partial charge in [-0.15, -0.1) is 0 Å². The molecule has 1 N–H and O–H groups in total. The van der Waals surface area contributed by atoms with Gasteiger partial charge in [0.1, 0.15) is 12.5 Å². The van der Waals surface area contributed by atoms with Crippen LogP contribution in [0.25, 0.3) is 0 Å². The average Bonchev–Trinajstić information content (AvgIpc) is 2.44. The fraction of sp³-hybridized carbons (Fsp3) is 0.882. The molecule has 4 heteroatoms. The van der Waals surface area contributed by atoms with Gasteiger partial charge in [0.25, 0.3) is 0 Å². The van der Waals surface area contributed by atoms with Gasteiger partial charge in [-0.05, 0) is 13.3 Å². The van der Waals surface area contributed by atoms with Crippen LogP contribution in [0.1, 0.15) is 84.5 Å². The second kappa shape index (κ2) is 14.1. The monoisotopic (exact) mass is 300 g/mol. The van der Waals surface area contributed by atoms with E-state index in [1.165, 1.54) is 58.3 Å². The highest BCUT2D eigenvalue weighted by molar-refractivity contribution is 5.97. The lowest BCUT2D eigenvalue weighted by molar-refractivity contribution is -0.147. The van der Waals surface area contributed by atoms with Gasteiger partial charge in [0.2, 0.25) is 0 Å². The van der Waals surface area contributed by atoms with Crippen LogP contribution in [0.4, 0.5) is 0 Å². The van der Waals surface area contributed by atoms with Crippen molar-refractivity contribution in [1.29, 1.82) is 0 Å². The number of ether oxygens (including phenoxy) is 1. The number of aliphatic hydroxyl groups is 1. The van der Waals surface area contributed by atoms with Crippen molar-refractivity contribution in [2.24, 2.45) is 0 Å². The first-order chi connectivity index (χ1) is 10.1. The summed E-state index contributed by atoms with van der Waals surface area (Å²) in [4.78, 5) is 22.4. The molecule has 0 spiro atoms. The molecule has 0 saturated heterocycles. The molecule has 21 heavy (non-hydrogen) atoms. The van der Waals surface area contributed by atoms with Crippen molar-refractivity contribution in [2.45, 2.75) is 90.6 Å². The number of unbranched alkanes of at least 4 members (excludes halogenated alkanes) is 9. The maximum Gasteiger partial charge on any atom is 0.313 e. The topological polar surface area (TPSA) is 63.6 Å². The first-order valence-electron chi connectivity index (χ1n) is 8.44. The van der Waals surface area contributed by atoms with Gasteiger partial charge in [0, 0.05) is 0 Å². The van der Waals surface area contributed by atoms with Crippen molar-refractivity contribution < 1.29 is 19.4 Å². The molecule has 0 aromatic heterocycles. The van der Waals surface area contributed by atoms with Gasteiger partial charge in [0.15, 0.2) is 5.78 Å². The third kappa shape index (κ3) is 13.8. The molecule has 0 amide bonds. The normalized spacial score (nSPS) is 12.1. The molecule has 0 aromatic rings. The van der Waals surface area contributed by atoms with Crippen LogP contribution in [-0.2, 0) is 14.3 Å². The highest BCUT2D eigenvalue weighted by Gasteiger charge is 2.14. The molecular formula is C17H32O4. The molecule has 0 rings (SSSR count). The summed E-state index contributed by atoms with van der Waals surface area (Å²) in [7, 11) is 0. The van der Waals surface area contributed by atoms with Gasteiger partial charge in [0.05, 0.1) is 6.61 Å². The molecule has 124 valence electrons. The standard InChI is InChI=1S/C17H32O4/c1-3-4-5-6-7-8-9-10-11-12-13-21-17(20)14-16(19)15(2)18/h15,18H,3-14H2,1-2H3. The van der Waals surface area contributed by atoms with Crippen LogP contribution in [0.2, 0.25) is 0 Å². The summed E-state index contributed by atoms with van der Waals surface area (Å²) in [6, 6.07) is 0. The summed E-state index contributed by atoms with van der Waals surface area (Å²) in [6.07, 6.45) is 10.9. The lowest BCUT2D eigenvalue weighted by Crippen LogP contribution is -2.21. The lowest BCUT2D eigenvalue weighted by Gasteiger charge is -2.06. The van der Waals surface area contributed by atoms with Crippen LogP contribution >= 0.6 is 0 Å². The van der Waals surface area contributed by atoms with Crippen molar-refractivity contribution in [3.8, 4) is 0 Å². The van der Waals surface area contributed by atoms with E-state index in [1.807, 2.05) is 0 Å². The predicted molar refractivity (Wildman–Crippen MR) is 84.1 cm³/mol. The van der Waals surface area contributed by atoms with Crippen LogP contribution in [0.5, 0.6) is 0 Å². The molecule has 4 nitrogen and oxygen atoms in total. The van der Waals surface area contributed by atoms with Crippen LogP contribution in [0.15, 0.2) is 0 Å². The zero-order chi connectivity index (χ0) is 15.9. The average molecular weight is 300 g/mol. The number of carbonyl (C=O) groups excluding carboxylic acids is 2. The van der Waals surface area contributed by atoms with Crippen molar-refractivity contribution in [3.63, 3.8) is 0 Å². The lowest BCUT2D eigenvalue weighted by atomic mass is 10.1. The molecule has 1 atom stereocenters. The zero-order valence-corrected chi connectivity index (χ0v) is 13.7. The molecule has 0 bridgehead atoms. The van der Waals surface area contributed by atoms with Gasteiger partial charge in [-0.1, -0.05) is 64.7 Å². The highest BCUT2D eigenvalue weighted by atomic mass is 16.5. The minimum Gasteiger partial charge on any atom is -0.465 e. The molecule has 1 unspecified atom stereocenters. The van der Waals surface area contributed by atoms with E-state index in [0.29, 0.717) is 6.61 Å². The number of esters is 1. The summed E-state index contributed by atoms with van der Waals surface area (Å²) in [5.41, 5.74) is 0. The Bertz CT molecular complexity index is 274. The number of aliphatic hydroxyl groups excluding tert-OH is 1. The molecule has 0 radical (unpaired) electrons. The van der Waals surface area contributed by atoms with Gasteiger partial charge >= 0.3 is 5.97 Å². The zero-order valence-electron chi connectivity index (χ0n) is 13.7. The van der Waals surface area contributed by atoms with Gasteiger partial charge in [-0.3, -0.25) is 9.59 Å². The van der Waals surface area contributed by atoms with Crippen molar-refractivity contribution >= 4 is 11.8 Å². The highest BCUT2D eigenvalue weighted by Crippen LogP contribution is 2.10. The molecular weight excluding hydrogens is 268 g/mol. The Hall–Kier alpha value is -0.900. The summed E-state index contributed by atoms with van der Waals surface area (Å²) in [5.74, 6) is -1.01. The molecule has 0 aliphatic heterocycles. The van der Waals surface area contributed by atoms with E-state index in [1.54, 1.807) is 0 Å². The van der Waals surface area contributed by atoms with Gasteiger partial charge < -0.3 is 9.84 Å². The summed E-state index contributed by atoms with van der Waals surface area (Å²) in [6.45, 7) is 3.97. The molecule has 0 aliphatic rings. The number of hydrogen-bond acceptors (Lipinski definition) is 4. The van der Waals surface area contributed by atoms with E-state index in [9.17, 15) is 9.59 Å². The van der Waals surface area contributed by atoms with Crippen molar-refractivity contribution in [1.82, 2.24) is 0 Å². The predicted octanol–water partition coefficient (Wildman–Crippen LogP) is 3.79. The first-order valence-corrected chi connectivity index (χ1v) is 8.44. The van der Waals surface area contributed by atoms with Gasteiger partial charge in [-0.25, -0.2) is 0 Å². The molecule has 0 saturated carbocycles. The fourth-order valence-electron chi connectivity index (χ4n) is 2.12. The van der Waals surface area contributed by atoms with Crippen LogP contribution in [-0.4, -0.2) is 29.6 Å². The SMILES string of the molecule is CCCCCCCCCCCCOC(=O)CC(=O)C(C)O. The number of Topliss-reactive ketones (excluding diaryl/α,β-unsaturated/α-hetero) is 1. The Morgan fingerprint density at radius 2 is 1.38 bits per heavy atom. The third-order valence-electron chi connectivity index (χ3n) is 3.55. The quantitative estimate of drug-likeness (QED) is 0.301. The third-order valence-corrected chi connectivity index (χ3v) is 3.55. The van der Waals surface area contributed by atoms with E-state index in [0.717, 1.165) is 12.8 Å². The summed E-state index contributed by atoms with van der Waals surface area (Å²) < 4.78 is 4.96. The molecule has 0 aliphatic carbocycles. The number of carbonyl (C=O) groups is 2. The summed E-state index contributed by atoms with van der Waals surface area (Å²) >= 11 is 0. The van der Waals surface area contributed by atoms with E-state index < -0.39 is 17.9 Å². The Morgan fingerprint density at radius 3 is 1.86 bits per heavy atom. The Labute approximate surface area is 129 Å². The largest absolute Gasteiger partial charge is 0.465 e. The molecule has 0 aromatic carbocycles. The smallest absolute Gasteiger partial charge is 0.313 e. The number of ketones is 1. The molecule has 0 fully saturated rings. The maximum absolute atomic E-state index is 11.3. The number of rotatable bonds is 14. The first kappa shape index (κ1) is 20.1. The minimum absolute atomic E-state index is 0.324. The van der Waals surface area contributed by atoms with Crippen LogP contribution < -0.4 is 0 Å². The van der Waals surface area contributed by atoms with E-state index >= 15 is 0 Å². The second-order valence-corrected chi connectivity index (χ2v) is 5.72. The van der Waals surface area contributed by atoms with Crippen molar-refractivity contribution in [2.75, 3.05) is 6.61 Å². The maximum atomic E-state index is 11.3. The van der Waals surface area contributed by atoms with E-state index in [-0.39, 0.29) is 6.42 Å². The van der Waals surface area contributed by atoms with Crippen LogP contribution in [0.3, 0.4) is 0 Å². The van der Waals surface area contributed by atoms with Crippen LogP contribution in [0, 0.1) is 0 Å². The summed E-state index contributed by atoms with van der Waals surface area (Å²) in [5, 5.41) is 8.97. The Balaban J connectivity index is 3.25. The molecule has 0 heterocycles. The second-order valence-electron chi connectivity index (χ2n) is 5.72. The number of hydrogen-bond donors (Lipinski definition) is 1. The minimum atomic E-state index is -1.09. The Morgan fingerprint density at radius 1 is 0.905 bits per heavy atom. The van der Waals surface area contributed by atoms with Crippen molar-refractivity contribution in [3.05, 3.63) is 0 Å². The van der Waals surface area contributed by atoms with Gasteiger partial charge in [-0.2, -0.15) is 0 Å².